The maximum atomic E-state index is 12.9. The third kappa shape index (κ3) is 5.11. The minimum absolute atomic E-state index is 0.0332. The van der Waals surface area contributed by atoms with Crippen LogP contribution in [0.3, 0.4) is 0 Å². The third-order valence-electron chi connectivity index (χ3n) is 6.69. The summed E-state index contributed by atoms with van der Waals surface area (Å²) in [6.45, 7) is 2.70. The van der Waals surface area contributed by atoms with E-state index in [4.69, 9.17) is 5.73 Å². The van der Waals surface area contributed by atoms with Gasteiger partial charge in [0.05, 0.1) is 18.1 Å². The van der Waals surface area contributed by atoms with Crippen LogP contribution in [0, 0.1) is 0 Å². The van der Waals surface area contributed by atoms with Crippen LogP contribution in [0.4, 0.5) is 17.3 Å². The second-order valence-electron chi connectivity index (χ2n) is 9.46. The molecule has 182 valence electrons. The minimum atomic E-state index is -0.667. The Morgan fingerprint density at radius 2 is 1.86 bits per heavy atom. The molecule has 0 radical (unpaired) electrons. The molecule has 3 aromatic rings. The average Bonchev–Trinajstić information content (AvgIpc) is 3.62. The van der Waals surface area contributed by atoms with Crippen molar-refractivity contribution in [2.75, 3.05) is 16.8 Å². The molecule has 10 heteroatoms. The Hall–Kier alpha value is -3.95. The van der Waals surface area contributed by atoms with E-state index in [1.165, 1.54) is 18.4 Å². The normalized spacial score (nSPS) is 19.9. The molecule has 4 N–H and O–H groups in total. The maximum absolute atomic E-state index is 12.9. The number of benzene rings is 1. The highest BCUT2D eigenvalue weighted by Crippen LogP contribution is 2.39. The van der Waals surface area contributed by atoms with Crippen LogP contribution in [0.2, 0.25) is 0 Å². The molecule has 2 aliphatic rings. The van der Waals surface area contributed by atoms with E-state index in [-0.39, 0.29) is 29.5 Å². The number of rotatable bonds is 7. The summed E-state index contributed by atoms with van der Waals surface area (Å²) in [5, 5.41) is 10.4. The number of aromatic nitrogens is 4. The van der Waals surface area contributed by atoms with Gasteiger partial charge in [-0.25, -0.2) is 9.97 Å². The molecule has 0 spiro atoms. The second-order valence-corrected chi connectivity index (χ2v) is 9.46. The molecule has 2 amide bonds. The lowest BCUT2D eigenvalue weighted by molar-refractivity contribution is 0.0930. The smallest absolute Gasteiger partial charge is 0.271 e. The van der Waals surface area contributed by atoms with Gasteiger partial charge in [-0.15, -0.1) is 0 Å². The zero-order valence-corrected chi connectivity index (χ0v) is 19.9. The number of aryl methyl sites for hydroxylation is 1. The Bertz CT molecular complexity index is 1230. The summed E-state index contributed by atoms with van der Waals surface area (Å²) in [6.07, 6.45) is 9.20. The number of nitrogens with one attached hydrogen (secondary N) is 2. The number of nitrogens with zero attached hydrogens (tertiary/aromatic N) is 5. The zero-order valence-electron chi connectivity index (χ0n) is 19.9. The highest BCUT2D eigenvalue weighted by atomic mass is 16.2. The van der Waals surface area contributed by atoms with Gasteiger partial charge in [0.25, 0.3) is 11.8 Å². The molecule has 5 rings (SSSR count). The number of nitrogens with two attached hydrogens (primary N) is 1. The lowest BCUT2D eigenvalue weighted by Crippen LogP contribution is -2.51. The number of carbonyl (C=O) groups excluding carboxylic acids is 2. The number of amides is 2. The first-order valence-electron chi connectivity index (χ1n) is 12.0. The fourth-order valence-electron chi connectivity index (χ4n) is 4.54. The molecule has 1 aliphatic heterocycles. The van der Waals surface area contributed by atoms with Crippen LogP contribution in [0.25, 0.3) is 0 Å². The van der Waals surface area contributed by atoms with Gasteiger partial charge in [0.2, 0.25) is 0 Å². The van der Waals surface area contributed by atoms with Crippen molar-refractivity contribution in [3.8, 4) is 0 Å². The lowest BCUT2D eigenvalue weighted by atomic mass is 9.99. The summed E-state index contributed by atoms with van der Waals surface area (Å²) in [7, 11) is 1.80. The van der Waals surface area contributed by atoms with Crippen LogP contribution in [0.1, 0.15) is 64.9 Å². The van der Waals surface area contributed by atoms with Crippen molar-refractivity contribution in [2.24, 2.45) is 12.8 Å². The molecule has 0 bridgehead atoms. The molecule has 10 nitrogen and oxygen atoms in total. The summed E-state index contributed by atoms with van der Waals surface area (Å²) >= 11 is 0. The van der Waals surface area contributed by atoms with E-state index in [1.54, 1.807) is 30.3 Å². The summed E-state index contributed by atoms with van der Waals surface area (Å²) in [5.41, 5.74) is 8.24. The Morgan fingerprint density at radius 3 is 2.51 bits per heavy atom. The van der Waals surface area contributed by atoms with Crippen molar-refractivity contribution in [1.82, 2.24) is 25.1 Å². The number of hydrogen-bond donors (Lipinski definition) is 3. The summed E-state index contributed by atoms with van der Waals surface area (Å²) < 4.78 is 1.64. The molecule has 35 heavy (non-hydrogen) atoms. The second kappa shape index (κ2) is 9.36. The van der Waals surface area contributed by atoms with Gasteiger partial charge in [0, 0.05) is 37.4 Å². The quantitative estimate of drug-likeness (QED) is 0.480. The maximum Gasteiger partial charge on any atom is 0.271 e. The first-order chi connectivity index (χ1) is 16.9. The van der Waals surface area contributed by atoms with Gasteiger partial charge in [-0.1, -0.05) is 12.1 Å². The van der Waals surface area contributed by atoms with Crippen molar-refractivity contribution in [3.63, 3.8) is 0 Å². The number of piperidine rings is 1. The topological polar surface area (TPSA) is 131 Å². The van der Waals surface area contributed by atoms with Crippen LogP contribution < -0.4 is 21.3 Å². The van der Waals surface area contributed by atoms with Crippen LogP contribution in [0.15, 0.2) is 42.9 Å². The van der Waals surface area contributed by atoms with Gasteiger partial charge in [0.1, 0.15) is 5.82 Å². The Labute approximate surface area is 203 Å². The summed E-state index contributed by atoms with van der Waals surface area (Å²) in [4.78, 5) is 35.9. The molecule has 2 aromatic heterocycles. The van der Waals surface area contributed by atoms with Gasteiger partial charge < -0.3 is 21.3 Å². The summed E-state index contributed by atoms with van der Waals surface area (Å²) in [5.74, 6) is 0.819. The summed E-state index contributed by atoms with van der Waals surface area (Å²) in [6, 6.07) is 8.12. The van der Waals surface area contributed by atoms with Crippen molar-refractivity contribution in [1.29, 1.82) is 0 Å². The zero-order chi connectivity index (χ0) is 24.5. The molecule has 2 fully saturated rings. The van der Waals surface area contributed by atoms with Gasteiger partial charge in [-0.3, -0.25) is 14.3 Å². The van der Waals surface area contributed by atoms with Crippen LogP contribution in [-0.2, 0) is 7.05 Å². The van der Waals surface area contributed by atoms with Crippen LogP contribution in [-0.4, -0.2) is 50.2 Å². The SMILES string of the molecule is CC1CCC(NC(=O)c2ccc(C3CC3)cc2)CN1c1cnc(C(N)=O)c(Nc2cnn(C)c2)n1. The molecule has 3 heterocycles. The van der Waals surface area contributed by atoms with E-state index in [0.717, 1.165) is 12.8 Å². The Kier molecular flexibility index (Phi) is 6.10. The fourth-order valence-corrected chi connectivity index (χ4v) is 4.54. The standard InChI is InChI=1S/C25H30N8O2/c1-15-3-10-19(30-25(35)18-8-6-17(7-9-18)16-4-5-16)14-33(15)21-12-27-22(23(26)34)24(31-21)29-20-11-28-32(2)13-20/h6-9,11-13,15-16,19H,3-5,10,14H2,1-2H3,(H2,26,34)(H,29,31)(H,30,35). The van der Waals surface area contributed by atoms with E-state index in [2.05, 4.69) is 49.7 Å². The number of carbonyl (C=O) groups is 2. The van der Waals surface area contributed by atoms with Gasteiger partial charge in [-0.2, -0.15) is 5.10 Å². The molecule has 2 unspecified atom stereocenters. The van der Waals surface area contributed by atoms with Crippen LogP contribution in [0.5, 0.6) is 0 Å². The lowest BCUT2D eigenvalue weighted by Gasteiger charge is -2.39. The molecule has 2 atom stereocenters. The van der Waals surface area contributed by atoms with E-state index in [0.29, 0.717) is 29.5 Å². The molecule has 1 saturated heterocycles. The first kappa shape index (κ1) is 22.8. The average molecular weight is 475 g/mol. The highest BCUT2D eigenvalue weighted by molar-refractivity contribution is 5.96. The predicted molar refractivity (Wildman–Crippen MR) is 133 cm³/mol. The molecule has 1 saturated carbocycles. The minimum Gasteiger partial charge on any atom is -0.364 e. The van der Waals surface area contributed by atoms with E-state index >= 15 is 0 Å². The Morgan fingerprint density at radius 1 is 1.09 bits per heavy atom. The highest BCUT2D eigenvalue weighted by Gasteiger charge is 2.29. The van der Waals surface area contributed by atoms with Gasteiger partial charge in [-0.05, 0) is 56.2 Å². The van der Waals surface area contributed by atoms with E-state index < -0.39 is 5.91 Å². The first-order valence-corrected chi connectivity index (χ1v) is 12.0. The molecule has 1 aromatic carbocycles. The number of primary amides is 1. The molecular weight excluding hydrogens is 444 g/mol. The van der Waals surface area contributed by atoms with Crippen LogP contribution >= 0.6 is 0 Å². The van der Waals surface area contributed by atoms with Gasteiger partial charge in [0.15, 0.2) is 11.5 Å². The monoisotopic (exact) mass is 474 g/mol. The number of hydrogen-bond acceptors (Lipinski definition) is 7. The Balaban J connectivity index is 1.31. The van der Waals surface area contributed by atoms with Crippen molar-refractivity contribution >= 4 is 29.1 Å². The number of anilines is 3. The molecular formula is C25H30N8O2. The van der Waals surface area contributed by atoms with Crippen molar-refractivity contribution in [3.05, 3.63) is 59.7 Å². The van der Waals surface area contributed by atoms with Crippen molar-refractivity contribution in [2.45, 2.75) is 50.6 Å². The van der Waals surface area contributed by atoms with E-state index in [9.17, 15) is 9.59 Å². The van der Waals surface area contributed by atoms with Gasteiger partial charge >= 0.3 is 0 Å². The third-order valence-corrected chi connectivity index (χ3v) is 6.69. The fraction of sp³-hybridized carbons (Fsp3) is 0.400. The molecule has 1 aliphatic carbocycles. The van der Waals surface area contributed by atoms with Crippen molar-refractivity contribution < 1.29 is 9.59 Å². The predicted octanol–water partition coefficient (Wildman–Crippen LogP) is 2.72. The largest absolute Gasteiger partial charge is 0.364 e. The van der Waals surface area contributed by atoms with E-state index in [1.807, 2.05) is 12.1 Å².